The standard InChI is InChI=1S/C15H26N2O2S2/c1-4-7-16-10-13-9-14(11-20-13)21(18,19)17-8-5-6-15(17)12(2)3/h9,11-12,15-16H,4-8,10H2,1-3H3. The molecule has 4 nitrogen and oxygen atoms in total. The van der Waals surface area contributed by atoms with Crippen LogP contribution in [0.1, 0.15) is 44.9 Å². The summed E-state index contributed by atoms with van der Waals surface area (Å²) in [5, 5.41) is 5.10. The summed E-state index contributed by atoms with van der Waals surface area (Å²) >= 11 is 1.53. The van der Waals surface area contributed by atoms with Gasteiger partial charge in [-0.2, -0.15) is 4.31 Å². The van der Waals surface area contributed by atoms with E-state index in [-0.39, 0.29) is 6.04 Å². The fraction of sp³-hybridized carbons (Fsp3) is 0.733. The van der Waals surface area contributed by atoms with E-state index in [0.717, 1.165) is 37.2 Å². The van der Waals surface area contributed by atoms with Crippen LogP contribution < -0.4 is 5.32 Å². The van der Waals surface area contributed by atoms with E-state index < -0.39 is 10.0 Å². The van der Waals surface area contributed by atoms with Crippen LogP contribution in [0.25, 0.3) is 0 Å². The number of hydrogen-bond acceptors (Lipinski definition) is 4. The van der Waals surface area contributed by atoms with Gasteiger partial charge in [-0.15, -0.1) is 11.3 Å². The van der Waals surface area contributed by atoms with Crippen molar-refractivity contribution in [1.29, 1.82) is 0 Å². The second-order valence-corrected chi connectivity index (χ2v) is 8.88. The molecule has 1 N–H and O–H groups in total. The molecule has 0 saturated carbocycles. The van der Waals surface area contributed by atoms with Crippen LogP contribution in [0.3, 0.4) is 0 Å². The Morgan fingerprint density at radius 1 is 1.48 bits per heavy atom. The van der Waals surface area contributed by atoms with Gasteiger partial charge >= 0.3 is 0 Å². The Balaban J connectivity index is 2.12. The molecule has 2 rings (SSSR count). The van der Waals surface area contributed by atoms with Gasteiger partial charge in [-0.1, -0.05) is 20.8 Å². The summed E-state index contributed by atoms with van der Waals surface area (Å²) in [6.45, 7) is 8.70. The smallest absolute Gasteiger partial charge is 0.244 e. The molecule has 0 bridgehead atoms. The summed E-state index contributed by atoms with van der Waals surface area (Å²) in [5.74, 6) is 0.367. The number of nitrogens with zero attached hydrogens (tertiary/aromatic N) is 1. The van der Waals surface area contributed by atoms with Gasteiger partial charge in [0.15, 0.2) is 0 Å². The van der Waals surface area contributed by atoms with Crippen LogP contribution in [0.2, 0.25) is 0 Å². The monoisotopic (exact) mass is 330 g/mol. The average molecular weight is 331 g/mol. The molecule has 6 heteroatoms. The van der Waals surface area contributed by atoms with Crippen molar-refractivity contribution >= 4 is 21.4 Å². The Hall–Kier alpha value is -0.430. The molecule has 0 radical (unpaired) electrons. The second-order valence-electron chi connectivity index (χ2n) is 5.99. The average Bonchev–Trinajstić information content (AvgIpc) is 3.08. The summed E-state index contributed by atoms with van der Waals surface area (Å²) in [4.78, 5) is 1.55. The van der Waals surface area contributed by atoms with Gasteiger partial charge in [-0.05, 0) is 37.8 Å². The van der Waals surface area contributed by atoms with Crippen molar-refractivity contribution in [3.63, 3.8) is 0 Å². The summed E-state index contributed by atoms with van der Waals surface area (Å²) in [5.41, 5.74) is 0. The molecule has 2 heterocycles. The predicted molar refractivity (Wildman–Crippen MR) is 88.1 cm³/mol. The number of rotatable bonds is 7. The van der Waals surface area contributed by atoms with Gasteiger partial charge in [0.25, 0.3) is 0 Å². The van der Waals surface area contributed by atoms with E-state index in [9.17, 15) is 8.42 Å². The fourth-order valence-corrected chi connectivity index (χ4v) is 5.90. The molecule has 1 aliphatic rings. The normalized spacial score (nSPS) is 20.5. The van der Waals surface area contributed by atoms with E-state index in [0.29, 0.717) is 17.4 Å². The lowest BCUT2D eigenvalue weighted by Gasteiger charge is -2.26. The number of thiophene rings is 1. The minimum atomic E-state index is -3.33. The molecule has 0 aliphatic carbocycles. The largest absolute Gasteiger partial charge is 0.312 e. The lowest BCUT2D eigenvalue weighted by molar-refractivity contribution is 0.316. The zero-order valence-electron chi connectivity index (χ0n) is 13.1. The Labute approximate surface area is 132 Å². The highest BCUT2D eigenvalue weighted by Crippen LogP contribution is 2.31. The molecule has 0 spiro atoms. The molecule has 1 aromatic heterocycles. The molecule has 1 atom stereocenters. The predicted octanol–water partition coefficient (Wildman–Crippen LogP) is 3.06. The quantitative estimate of drug-likeness (QED) is 0.782. The molecular formula is C15H26N2O2S2. The van der Waals surface area contributed by atoms with Crippen molar-refractivity contribution in [3.05, 3.63) is 16.3 Å². The first-order chi connectivity index (χ1) is 9.96. The first-order valence-corrected chi connectivity index (χ1v) is 10.1. The van der Waals surface area contributed by atoms with Crippen LogP contribution in [0.5, 0.6) is 0 Å². The van der Waals surface area contributed by atoms with Crippen LogP contribution in [0.15, 0.2) is 16.3 Å². The molecule has 1 aliphatic heterocycles. The van der Waals surface area contributed by atoms with Gasteiger partial charge in [0, 0.05) is 29.4 Å². The van der Waals surface area contributed by atoms with E-state index in [1.165, 1.54) is 11.3 Å². The van der Waals surface area contributed by atoms with Gasteiger partial charge < -0.3 is 5.32 Å². The minimum Gasteiger partial charge on any atom is -0.312 e. The van der Waals surface area contributed by atoms with Crippen molar-refractivity contribution < 1.29 is 8.42 Å². The van der Waals surface area contributed by atoms with Crippen LogP contribution in [0, 0.1) is 5.92 Å². The zero-order chi connectivity index (χ0) is 15.5. The zero-order valence-corrected chi connectivity index (χ0v) is 14.8. The van der Waals surface area contributed by atoms with Crippen LogP contribution in [0.4, 0.5) is 0 Å². The fourth-order valence-electron chi connectivity index (χ4n) is 2.84. The van der Waals surface area contributed by atoms with Crippen LogP contribution in [-0.2, 0) is 16.6 Å². The second kappa shape index (κ2) is 7.22. The molecule has 1 aromatic rings. The third-order valence-corrected chi connectivity index (χ3v) is 6.97. The number of nitrogens with one attached hydrogen (secondary N) is 1. The third-order valence-electron chi connectivity index (χ3n) is 3.98. The Bertz CT molecular complexity index is 552. The van der Waals surface area contributed by atoms with Crippen LogP contribution in [-0.4, -0.2) is 31.9 Å². The van der Waals surface area contributed by atoms with E-state index in [1.807, 2.05) is 6.07 Å². The van der Waals surface area contributed by atoms with E-state index in [1.54, 1.807) is 9.69 Å². The van der Waals surface area contributed by atoms with Crippen molar-refractivity contribution in [2.45, 2.75) is 57.5 Å². The van der Waals surface area contributed by atoms with E-state index in [4.69, 9.17) is 0 Å². The number of sulfonamides is 1. The topological polar surface area (TPSA) is 49.4 Å². The van der Waals surface area contributed by atoms with Gasteiger partial charge in [0.05, 0.1) is 4.90 Å². The van der Waals surface area contributed by atoms with Gasteiger partial charge in [0.1, 0.15) is 0 Å². The third kappa shape index (κ3) is 3.86. The van der Waals surface area contributed by atoms with Gasteiger partial charge in [-0.25, -0.2) is 8.42 Å². The summed E-state index contributed by atoms with van der Waals surface area (Å²) in [7, 11) is -3.33. The first kappa shape index (κ1) is 16.9. The minimum absolute atomic E-state index is 0.150. The summed E-state index contributed by atoms with van der Waals surface area (Å²) < 4.78 is 27.3. The van der Waals surface area contributed by atoms with Crippen molar-refractivity contribution in [2.75, 3.05) is 13.1 Å². The number of hydrogen-bond donors (Lipinski definition) is 1. The molecule has 1 saturated heterocycles. The maximum Gasteiger partial charge on any atom is 0.244 e. The van der Waals surface area contributed by atoms with E-state index >= 15 is 0 Å². The van der Waals surface area contributed by atoms with Gasteiger partial charge in [0.2, 0.25) is 10.0 Å². The Morgan fingerprint density at radius 3 is 2.90 bits per heavy atom. The van der Waals surface area contributed by atoms with Gasteiger partial charge in [-0.3, -0.25) is 0 Å². The highest BCUT2D eigenvalue weighted by Gasteiger charge is 2.37. The lowest BCUT2D eigenvalue weighted by Crippen LogP contribution is -2.38. The molecule has 1 unspecified atom stereocenters. The Kier molecular flexibility index (Phi) is 5.82. The lowest BCUT2D eigenvalue weighted by atomic mass is 10.0. The van der Waals surface area contributed by atoms with Crippen molar-refractivity contribution in [1.82, 2.24) is 9.62 Å². The van der Waals surface area contributed by atoms with Crippen molar-refractivity contribution in [3.8, 4) is 0 Å². The first-order valence-electron chi connectivity index (χ1n) is 7.76. The molecule has 0 amide bonds. The highest BCUT2D eigenvalue weighted by atomic mass is 32.2. The SMILES string of the molecule is CCCNCc1cc(S(=O)(=O)N2CCCC2C(C)C)cs1. The Morgan fingerprint density at radius 2 is 2.24 bits per heavy atom. The molecule has 21 heavy (non-hydrogen) atoms. The highest BCUT2D eigenvalue weighted by molar-refractivity contribution is 7.89. The maximum absolute atomic E-state index is 12.8. The van der Waals surface area contributed by atoms with Crippen LogP contribution >= 0.6 is 11.3 Å². The van der Waals surface area contributed by atoms with Crippen molar-refractivity contribution in [2.24, 2.45) is 5.92 Å². The summed E-state index contributed by atoms with van der Waals surface area (Å²) in [6.07, 6.45) is 3.03. The maximum atomic E-state index is 12.8. The molecule has 1 fully saturated rings. The molecule has 120 valence electrons. The molecule has 0 aromatic carbocycles. The van der Waals surface area contributed by atoms with E-state index in [2.05, 4.69) is 26.1 Å². The summed E-state index contributed by atoms with van der Waals surface area (Å²) in [6, 6.07) is 1.98. The molecular weight excluding hydrogens is 304 g/mol.